The second-order valence-corrected chi connectivity index (χ2v) is 4.54. The number of nitrogens with zero attached hydrogens (tertiary/aromatic N) is 1. The molecular weight excluding hydrogens is 284 g/mol. The van der Waals surface area contributed by atoms with E-state index in [9.17, 15) is 4.79 Å². The number of rotatable bonds is 7. The third kappa shape index (κ3) is 5.35. The first-order valence-electron chi connectivity index (χ1n) is 7.04. The average molecular weight is 304 g/mol. The topological polar surface area (TPSA) is 91.8 Å². The molecule has 0 radical (unpaired) electrons. The second kappa shape index (κ2) is 8.56. The monoisotopic (exact) mass is 304 g/mol. The Morgan fingerprint density at radius 1 is 1.09 bits per heavy atom. The van der Waals surface area contributed by atoms with E-state index in [1.165, 1.54) is 0 Å². The van der Waals surface area contributed by atoms with E-state index >= 15 is 0 Å². The molecule has 0 fully saturated rings. The zero-order valence-electron chi connectivity index (χ0n) is 12.5. The minimum absolute atomic E-state index is 0.134. The Morgan fingerprint density at radius 2 is 1.82 bits per heavy atom. The minimum atomic E-state index is -0.134. The van der Waals surface area contributed by atoms with Crippen molar-refractivity contribution in [3.8, 4) is 0 Å². The number of carbonyl (C=O) groups is 1. The van der Waals surface area contributed by atoms with Crippen LogP contribution < -0.4 is 16.0 Å². The molecule has 0 aliphatic heterocycles. The molecule has 7 nitrogen and oxygen atoms in total. The molecule has 0 atom stereocenters. The molecule has 2 heterocycles. The molecule has 118 valence electrons. The van der Waals surface area contributed by atoms with Crippen molar-refractivity contribution < 1.29 is 13.6 Å². The van der Waals surface area contributed by atoms with Crippen LogP contribution in [0.3, 0.4) is 0 Å². The fourth-order valence-electron chi connectivity index (χ4n) is 1.80. The van der Waals surface area contributed by atoms with Gasteiger partial charge in [-0.25, -0.2) is 0 Å². The summed E-state index contributed by atoms with van der Waals surface area (Å²) < 4.78 is 10.4. The molecule has 0 aromatic carbocycles. The highest BCUT2D eigenvalue weighted by Gasteiger charge is 2.04. The minimum Gasteiger partial charge on any atom is -0.469 e. The van der Waals surface area contributed by atoms with Gasteiger partial charge in [0.05, 0.1) is 25.6 Å². The molecule has 3 N–H and O–H groups in total. The highest BCUT2D eigenvalue weighted by molar-refractivity contribution is 5.86. The number of furan rings is 2. The summed E-state index contributed by atoms with van der Waals surface area (Å²) in [5.74, 6) is 2.05. The molecule has 0 spiro atoms. The van der Waals surface area contributed by atoms with Crippen LogP contribution in [0.5, 0.6) is 0 Å². The molecule has 0 aliphatic rings. The van der Waals surface area contributed by atoms with Crippen molar-refractivity contribution >= 4 is 11.9 Å². The standard InChI is InChI=1S/C15H20N4O3/c1-16-15(17-7-6-12-4-2-8-21-12)19-11-14(20)18-10-13-5-3-9-22-13/h2-5,8-9H,6-7,10-11H2,1H3,(H,18,20)(H2,16,17,19). The van der Waals surface area contributed by atoms with E-state index in [4.69, 9.17) is 8.83 Å². The van der Waals surface area contributed by atoms with E-state index in [1.807, 2.05) is 18.2 Å². The molecule has 1 amide bonds. The first-order chi connectivity index (χ1) is 10.8. The van der Waals surface area contributed by atoms with Gasteiger partial charge < -0.3 is 24.8 Å². The van der Waals surface area contributed by atoms with Crippen molar-refractivity contribution in [2.45, 2.75) is 13.0 Å². The summed E-state index contributed by atoms with van der Waals surface area (Å²) in [6.45, 7) is 1.18. The van der Waals surface area contributed by atoms with Crippen molar-refractivity contribution in [1.29, 1.82) is 0 Å². The lowest BCUT2D eigenvalue weighted by Gasteiger charge is -2.11. The first-order valence-corrected chi connectivity index (χ1v) is 7.04. The molecule has 7 heteroatoms. The number of hydrogen-bond donors (Lipinski definition) is 3. The van der Waals surface area contributed by atoms with Crippen LogP contribution in [-0.4, -0.2) is 32.0 Å². The normalized spacial score (nSPS) is 11.2. The van der Waals surface area contributed by atoms with E-state index in [2.05, 4.69) is 20.9 Å². The molecule has 0 aliphatic carbocycles. The zero-order valence-corrected chi connectivity index (χ0v) is 12.5. The zero-order chi connectivity index (χ0) is 15.6. The van der Waals surface area contributed by atoms with E-state index in [0.717, 1.165) is 12.2 Å². The quantitative estimate of drug-likeness (QED) is 0.522. The van der Waals surface area contributed by atoms with E-state index in [0.29, 0.717) is 24.8 Å². The maximum atomic E-state index is 11.7. The lowest BCUT2D eigenvalue weighted by molar-refractivity contribution is -0.120. The summed E-state index contributed by atoms with van der Waals surface area (Å²) in [5.41, 5.74) is 0. The van der Waals surface area contributed by atoms with Gasteiger partial charge in [0, 0.05) is 20.0 Å². The van der Waals surface area contributed by atoms with Crippen LogP contribution in [0, 0.1) is 0 Å². The van der Waals surface area contributed by atoms with Crippen molar-refractivity contribution in [3.05, 3.63) is 48.3 Å². The van der Waals surface area contributed by atoms with Crippen LogP contribution in [-0.2, 0) is 17.8 Å². The summed E-state index contributed by atoms with van der Waals surface area (Å²) in [5, 5.41) is 8.81. The predicted octanol–water partition coefficient (Wildman–Crippen LogP) is 0.896. The fourth-order valence-corrected chi connectivity index (χ4v) is 1.80. The molecule has 0 unspecified atom stereocenters. The van der Waals surface area contributed by atoms with Gasteiger partial charge in [0.25, 0.3) is 0 Å². The largest absolute Gasteiger partial charge is 0.469 e. The van der Waals surface area contributed by atoms with Gasteiger partial charge in [-0.1, -0.05) is 0 Å². The van der Waals surface area contributed by atoms with Gasteiger partial charge in [0.2, 0.25) is 5.91 Å². The SMILES string of the molecule is CN=C(NCCc1ccco1)NCC(=O)NCc1ccco1. The van der Waals surface area contributed by atoms with Crippen molar-refractivity contribution in [2.24, 2.45) is 4.99 Å². The van der Waals surface area contributed by atoms with E-state index in [1.54, 1.807) is 25.6 Å². The summed E-state index contributed by atoms with van der Waals surface area (Å²) in [7, 11) is 1.66. The van der Waals surface area contributed by atoms with Crippen LogP contribution in [0.15, 0.2) is 50.6 Å². The van der Waals surface area contributed by atoms with E-state index in [-0.39, 0.29) is 12.5 Å². The first kappa shape index (κ1) is 15.7. The van der Waals surface area contributed by atoms with Crippen LogP contribution in [0.2, 0.25) is 0 Å². The third-order valence-corrected chi connectivity index (χ3v) is 2.92. The highest BCUT2D eigenvalue weighted by Crippen LogP contribution is 1.99. The molecule has 2 aromatic rings. The smallest absolute Gasteiger partial charge is 0.239 e. The maximum absolute atomic E-state index is 11.7. The highest BCUT2D eigenvalue weighted by atomic mass is 16.3. The van der Waals surface area contributed by atoms with Gasteiger partial charge in [0.15, 0.2) is 5.96 Å². The third-order valence-electron chi connectivity index (χ3n) is 2.92. The Labute approximate surface area is 128 Å². The number of nitrogens with one attached hydrogen (secondary N) is 3. The summed E-state index contributed by atoms with van der Waals surface area (Å²) in [6, 6.07) is 7.36. The lowest BCUT2D eigenvalue weighted by atomic mass is 10.3. The van der Waals surface area contributed by atoms with Crippen molar-refractivity contribution in [2.75, 3.05) is 20.1 Å². The number of hydrogen-bond acceptors (Lipinski definition) is 4. The van der Waals surface area contributed by atoms with Gasteiger partial charge in [-0.15, -0.1) is 0 Å². The summed E-state index contributed by atoms with van der Waals surface area (Å²) in [6.07, 6.45) is 3.97. The van der Waals surface area contributed by atoms with Gasteiger partial charge in [-0.05, 0) is 24.3 Å². The maximum Gasteiger partial charge on any atom is 0.239 e. The molecular formula is C15H20N4O3. The van der Waals surface area contributed by atoms with Gasteiger partial charge in [-0.2, -0.15) is 0 Å². The molecule has 0 bridgehead atoms. The fraction of sp³-hybridized carbons (Fsp3) is 0.333. The van der Waals surface area contributed by atoms with Gasteiger partial charge in [-0.3, -0.25) is 9.79 Å². The van der Waals surface area contributed by atoms with Crippen LogP contribution in [0.1, 0.15) is 11.5 Å². The van der Waals surface area contributed by atoms with Crippen molar-refractivity contribution in [3.63, 3.8) is 0 Å². The molecule has 22 heavy (non-hydrogen) atoms. The number of carbonyl (C=O) groups excluding carboxylic acids is 1. The van der Waals surface area contributed by atoms with Gasteiger partial charge >= 0.3 is 0 Å². The van der Waals surface area contributed by atoms with Crippen LogP contribution in [0.4, 0.5) is 0 Å². The Morgan fingerprint density at radius 3 is 2.45 bits per heavy atom. The summed E-state index contributed by atoms with van der Waals surface area (Å²) >= 11 is 0. The second-order valence-electron chi connectivity index (χ2n) is 4.54. The predicted molar refractivity (Wildman–Crippen MR) is 82.3 cm³/mol. The number of aliphatic imine (C=N–C) groups is 1. The number of guanidine groups is 1. The van der Waals surface area contributed by atoms with Crippen molar-refractivity contribution in [1.82, 2.24) is 16.0 Å². The summed E-state index contributed by atoms with van der Waals surface area (Å²) in [4.78, 5) is 15.8. The lowest BCUT2D eigenvalue weighted by Crippen LogP contribution is -2.43. The number of amides is 1. The Kier molecular flexibility index (Phi) is 6.10. The molecule has 2 rings (SSSR count). The van der Waals surface area contributed by atoms with E-state index < -0.39 is 0 Å². The molecule has 0 saturated heterocycles. The van der Waals surface area contributed by atoms with Crippen LogP contribution >= 0.6 is 0 Å². The Hall–Kier alpha value is -2.70. The molecule has 2 aromatic heterocycles. The van der Waals surface area contributed by atoms with Crippen LogP contribution in [0.25, 0.3) is 0 Å². The Bertz CT molecular complexity index is 576. The average Bonchev–Trinajstić information content (AvgIpc) is 3.21. The molecule has 0 saturated carbocycles. The van der Waals surface area contributed by atoms with Gasteiger partial charge in [0.1, 0.15) is 11.5 Å². The Balaban J connectivity index is 1.61.